The molecule has 0 bridgehead atoms. The Balaban J connectivity index is 2.11. The minimum absolute atomic E-state index is 0.741. The summed E-state index contributed by atoms with van der Waals surface area (Å²) in [4.78, 5) is 15.8. The molecule has 0 aliphatic carbocycles. The van der Waals surface area contributed by atoms with Crippen LogP contribution in [0.5, 0.6) is 0 Å². The van der Waals surface area contributed by atoms with Crippen LogP contribution in [-0.4, -0.2) is 48.5 Å². The second-order valence-electron chi connectivity index (χ2n) is 4.62. The predicted octanol–water partition coefficient (Wildman–Crippen LogP) is 0.547. The van der Waals surface area contributed by atoms with Gasteiger partial charge in [-0.3, -0.25) is 4.98 Å². The van der Waals surface area contributed by atoms with E-state index in [2.05, 4.69) is 25.9 Å². The Bertz CT molecular complexity index is 598. The summed E-state index contributed by atoms with van der Waals surface area (Å²) in [6.45, 7) is 7.12. The number of nitrogens with zero attached hydrogens (tertiary/aromatic N) is 4. The van der Waals surface area contributed by atoms with Crippen molar-refractivity contribution in [3.63, 3.8) is 0 Å². The molecule has 1 saturated heterocycles. The second-order valence-corrected chi connectivity index (χ2v) is 4.62. The molecule has 0 saturated carbocycles. The van der Waals surface area contributed by atoms with E-state index in [1.807, 2.05) is 27.2 Å². The van der Waals surface area contributed by atoms with E-state index in [1.54, 1.807) is 0 Å². The second kappa shape index (κ2) is 5.13. The average molecular weight is 255 g/mol. The molecule has 6 heteroatoms. The minimum atomic E-state index is 0.741. The van der Waals surface area contributed by atoms with Crippen LogP contribution in [0, 0.1) is 6.92 Å². The molecule has 97 valence electrons. The molecular formula is C13H16BN4O. The first-order valence-corrected chi connectivity index (χ1v) is 6.54. The van der Waals surface area contributed by atoms with Gasteiger partial charge in [-0.25, -0.2) is 9.97 Å². The van der Waals surface area contributed by atoms with Crippen molar-refractivity contribution in [3.8, 4) is 0 Å². The van der Waals surface area contributed by atoms with Crippen molar-refractivity contribution in [1.29, 1.82) is 0 Å². The largest absolute Gasteiger partial charge is 0.378 e. The lowest BCUT2D eigenvalue weighted by Crippen LogP contribution is -2.37. The van der Waals surface area contributed by atoms with Gasteiger partial charge in [0.15, 0.2) is 5.82 Å². The fourth-order valence-corrected chi connectivity index (χ4v) is 2.29. The molecule has 2 aromatic rings. The monoisotopic (exact) mass is 255 g/mol. The highest BCUT2D eigenvalue weighted by Gasteiger charge is 2.17. The zero-order chi connectivity index (χ0) is 13.2. The zero-order valence-electron chi connectivity index (χ0n) is 11.3. The zero-order valence-corrected chi connectivity index (χ0v) is 11.3. The molecule has 0 atom stereocenters. The Kier molecular flexibility index (Phi) is 3.33. The van der Waals surface area contributed by atoms with Crippen molar-refractivity contribution in [3.05, 3.63) is 18.1 Å². The van der Waals surface area contributed by atoms with Gasteiger partial charge in [0, 0.05) is 19.3 Å². The van der Waals surface area contributed by atoms with E-state index in [1.165, 1.54) is 0 Å². The highest BCUT2D eigenvalue weighted by atomic mass is 16.5. The van der Waals surface area contributed by atoms with Crippen molar-refractivity contribution >= 4 is 29.6 Å². The molecule has 0 amide bonds. The van der Waals surface area contributed by atoms with Gasteiger partial charge in [-0.2, -0.15) is 0 Å². The fraction of sp³-hybridized carbons (Fsp3) is 0.462. The first kappa shape index (κ1) is 12.4. The smallest absolute Gasteiger partial charge is 0.159 e. The van der Waals surface area contributed by atoms with Crippen LogP contribution in [-0.2, 0) is 4.74 Å². The molecule has 2 aromatic heterocycles. The number of morpholine rings is 1. The standard InChI is InChI=1S/C13H16BN4O/c1-9-16-11-7-10(14-2)8-15-12(11)13(17-9)18-3-5-19-6-4-18/h7-8H,3-6H2,1-2H3. The molecule has 0 aromatic carbocycles. The van der Waals surface area contributed by atoms with Crippen LogP contribution in [0.25, 0.3) is 11.0 Å². The van der Waals surface area contributed by atoms with E-state index in [0.29, 0.717) is 0 Å². The van der Waals surface area contributed by atoms with Crippen molar-refractivity contribution in [1.82, 2.24) is 15.0 Å². The van der Waals surface area contributed by atoms with Crippen molar-refractivity contribution in [2.24, 2.45) is 0 Å². The van der Waals surface area contributed by atoms with Crippen molar-refractivity contribution < 1.29 is 4.74 Å². The van der Waals surface area contributed by atoms with Gasteiger partial charge in [-0.15, -0.1) is 0 Å². The van der Waals surface area contributed by atoms with Crippen LogP contribution in [0.2, 0.25) is 6.82 Å². The van der Waals surface area contributed by atoms with Gasteiger partial charge >= 0.3 is 0 Å². The third-order valence-electron chi connectivity index (χ3n) is 3.29. The van der Waals surface area contributed by atoms with Gasteiger partial charge in [-0.1, -0.05) is 12.3 Å². The molecule has 3 rings (SSSR count). The molecule has 19 heavy (non-hydrogen) atoms. The summed E-state index contributed by atoms with van der Waals surface area (Å²) < 4.78 is 5.39. The highest BCUT2D eigenvalue weighted by molar-refractivity contribution is 6.52. The lowest BCUT2D eigenvalue weighted by atomic mass is 9.74. The highest BCUT2D eigenvalue weighted by Crippen LogP contribution is 2.21. The number of hydrogen-bond donors (Lipinski definition) is 0. The number of aromatic nitrogens is 3. The van der Waals surface area contributed by atoms with Crippen LogP contribution >= 0.6 is 0 Å². The normalized spacial score (nSPS) is 15.8. The third-order valence-corrected chi connectivity index (χ3v) is 3.29. The quantitative estimate of drug-likeness (QED) is 0.733. The van der Waals surface area contributed by atoms with Crippen LogP contribution in [0.4, 0.5) is 5.82 Å². The maximum Gasteiger partial charge on any atom is 0.159 e. The Labute approximate surface area is 113 Å². The summed E-state index contributed by atoms with van der Waals surface area (Å²) in [5, 5.41) is 0. The molecular weight excluding hydrogens is 239 g/mol. The average Bonchev–Trinajstić information content (AvgIpc) is 2.46. The molecule has 0 spiro atoms. The Morgan fingerprint density at radius 3 is 2.79 bits per heavy atom. The molecule has 3 heterocycles. The minimum Gasteiger partial charge on any atom is -0.378 e. The number of rotatable bonds is 2. The first-order valence-electron chi connectivity index (χ1n) is 6.54. The molecule has 0 unspecified atom stereocenters. The molecule has 1 aliphatic heterocycles. The van der Waals surface area contributed by atoms with Crippen LogP contribution in [0.3, 0.4) is 0 Å². The Morgan fingerprint density at radius 1 is 1.26 bits per heavy atom. The maximum atomic E-state index is 5.39. The summed E-state index contributed by atoms with van der Waals surface area (Å²) in [7, 11) is 2.03. The molecule has 1 fully saturated rings. The van der Waals surface area contributed by atoms with Crippen LogP contribution in [0.15, 0.2) is 12.3 Å². The summed E-state index contributed by atoms with van der Waals surface area (Å²) >= 11 is 0. The third kappa shape index (κ3) is 2.40. The van der Waals surface area contributed by atoms with E-state index in [4.69, 9.17) is 4.74 Å². The summed E-state index contributed by atoms with van der Waals surface area (Å²) in [6, 6.07) is 2.06. The van der Waals surface area contributed by atoms with E-state index in [0.717, 1.165) is 54.4 Å². The number of ether oxygens (including phenoxy) is 1. The van der Waals surface area contributed by atoms with E-state index >= 15 is 0 Å². The SMILES string of the molecule is C[B]c1cnc2c(N3CCOCC3)nc(C)nc2c1. The van der Waals surface area contributed by atoms with Gasteiger partial charge < -0.3 is 9.64 Å². The number of pyridine rings is 1. The first-order chi connectivity index (χ1) is 9.28. The van der Waals surface area contributed by atoms with Gasteiger partial charge in [-0.05, 0) is 13.0 Å². The summed E-state index contributed by atoms with van der Waals surface area (Å²) in [5.41, 5.74) is 2.86. The number of hydrogen-bond acceptors (Lipinski definition) is 5. The maximum absolute atomic E-state index is 5.39. The summed E-state index contributed by atoms with van der Waals surface area (Å²) in [5.74, 6) is 1.71. The summed E-state index contributed by atoms with van der Waals surface area (Å²) in [6.07, 6.45) is 1.87. The van der Waals surface area contributed by atoms with Gasteiger partial charge in [0.2, 0.25) is 0 Å². The van der Waals surface area contributed by atoms with Gasteiger partial charge in [0.1, 0.15) is 18.6 Å². The number of aryl methyl sites for hydroxylation is 1. The Hall–Kier alpha value is -1.69. The van der Waals surface area contributed by atoms with Gasteiger partial charge in [0.05, 0.1) is 18.7 Å². The van der Waals surface area contributed by atoms with E-state index < -0.39 is 0 Å². The molecule has 5 nitrogen and oxygen atoms in total. The topological polar surface area (TPSA) is 51.1 Å². The fourth-order valence-electron chi connectivity index (χ4n) is 2.29. The van der Waals surface area contributed by atoms with E-state index in [-0.39, 0.29) is 0 Å². The Morgan fingerprint density at radius 2 is 2.05 bits per heavy atom. The lowest BCUT2D eigenvalue weighted by Gasteiger charge is -2.28. The predicted molar refractivity (Wildman–Crippen MR) is 76.4 cm³/mol. The van der Waals surface area contributed by atoms with E-state index in [9.17, 15) is 0 Å². The van der Waals surface area contributed by atoms with Crippen molar-refractivity contribution in [2.75, 3.05) is 31.2 Å². The number of anilines is 1. The van der Waals surface area contributed by atoms with Gasteiger partial charge in [0.25, 0.3) is 0 Å². The molecule has 1 aliphatic rings. The van der Waals surface area contributed by atoms with Crippen LogP contribution in [0.1, 0.15) is 5.82 Å². The molecule has 0 N–H and O–H groups in total. The lowest BCUT2D eigenvalue weighted by molar-refractivity contribution is 0.122. The molecule has 1 radical (unpaired) electrons. The van der Waals surface area contributed by atoms with Crippen LogP contribution < -0.4 is 10.4 Å². The number of fused-ring (bicyclic) bond motifs is 1. The van der Waals surface area contributed by atoms with Crippen molar-refractivity contribution in [2.45, 2.75) is 13.7 Å².